The fraction of sp³-hybridized carbons (Fsp3) is 0.278. The highest BCUT2D eigenvalue weighted by molar-refractivity contribution is 7.89. The zero-order chi connectivity index (χ0) is 16.4. The quantitative estimate of drug-likeness (QED) is 0.870. The van der Waals surface area contributed by atoms with Gasteiger partial charge >= 0.3 is 0 Å². The third kappa shape index (κ3) is 2.88. The molecule has 0 N–H and O–H groups in total. The molecule has 1 aliphatic heterocycles. The van der Waals surface area contributed by atoms with Gasteiger partial charge in [-0.25, -0.2) is 8.42 Å². The topological polar surface area (TPSA) is 61.2 Å². The van der Waals surface area contributed by atoms with E-state index < -0.39 is 16.1 Å². The zero-order valence-electron chi connectivity index (χ0n) is 12.9. The first-order valence-corrected chi connectivity index (χ1v) is 9.01. The minimum Gasteiger partial charge on any atom is -0.207 e. The molecule has 0 bridgehead atoms. The molecular formula is C18H18N2O2S. The summed E-state index contributed by atoms with van der Waals surface area (Å²) in [5.74, 6) is 0. The van der Waals surface area contributed by atoms with Crippen LogP contribution in [-0.4, -0.2) is 19.3 Å². The largest absolute Gasteiger partial charge is 0.243 e. The number of fused-ring (bicyclic) bond motifs is 1. The predicted molar refractivity (Wildman–Crippen MR) is 88.2 cm³/mol. The van der Waals surface area contributed by atoms with Gasteiger partial charge in [0.1, 0.15) is 0 Å². The summed E-state index contributed by atoms with van der Waals surface area (Å²) in [5.41, 5.74) is 3.08. The number of nitriles is 1. The van der Waals surface area contributed by atoms with E-state index in [1.54, 1.807) is 24.3 Å². The van der Waals surface area contributed by atoms with Crippen molar-refractivity contribution in [3.8, 4) is 6.07 Å². The number of aryl methyl sites for hydroxylation is 1. The maximum atomic E-state index is 13.0. The van der Waals surface area contributed by atoms with E-state index in [1.165, 1.54) is 4.31 Å². The third-order valence-electron chi connectivity index (χ3n) is 4.28. The van der Waals surface area contributed by atoms with E-state index in [2.05, 4.69) is 6.07 Å². The van der Waals surface area contributed by atoms with Crippen LogP contribution in [0.2, 0.25) is 0 Å². The molecule has 4 nitrogen and oxygen atoms in total. The summed E-state index contributed by atoms with van der Waals surface area (Å²) in [6, 6.07) is 16.4. The van der Waals surface area contributed by atoms with Crippen LogP contribution in [0.5, 0.6) is 0 Å². The fourth-order valence-electron chi connectivity index (χ4n) is 3.06. The highest BCUT2D eigenvalue weighted by Gasteiger charge is 2.36. The molecule has 2 aromatic carbocycles. The van der Waals surface area contributed by atoms with E-state index in [0.29, 0.717) is 13.0 Å². The van der Waals surface area contributed by atoms with Crippen LogP contribution in [0.1, 0.15) is 29.2 Å². The van der Waals surface area contributed by atoms with Crippen molar-refractivity contribution in [1.82, 2.24) is 4.31 Å². The second-order valence-corrected chi connectivity index (χ2v) is 7.65. The molecule has 1 unspecified atom stereocenters. The number of hydrogen-bond donors (Lipinski definition) is 0. The Kier molecular flexibility index (Phi) is 4.20. The first kappa shape index (κ1) is 15.7. The Labute approximate surface area is 137 Å². The van der Waals surface area contributed by atoms with Gasteiger partial charge in [0.15, 0.2) is 0 Å². The number of sulfonamides is 1. The van der Waals surface area contributed by atoms with Crippen LogP contribution in [0.15, 0.2) is 53.4 Å². The Balaban J connectivity index is 2.05. The molecule has 1 aliphatic rings. The first-order chi connectivity index (χ1) is 11.0. The normalized spacial score (nSPS) is 18.2. The van der Waals surface area contributed by atoms with E-state index >= 15 is 0 Å². The van der Waals surface area contributed by atoms with Gasteiger partial charge in [0.2, 0.25) is 10.0 Å². The standard InChI is InChI=1S/C18H18N2O2S/c1-14-6-8-16(9-7-14)23(21,22)20-13-11-15-4-2-3-5-17(15)18(20)10-12-19/h2-9,18H,10-11,13H2,1H3. The summed E-state index contributed by atoms with van der Waals surface area (Å²) in [6.07, 6.45) is 0.825. The summed E-state index contributed by atoms with van der Waals surface area (Å²) in [7, 11) is -3.61. The Hall–Kier alpha value is -2.16. The first-order valence-electron chi connectivity index (χ1n) is 7.57. The average molecular weight is 326 g/mol. The van der Waals surface area contributed by atoms with Crippen molar-refractivity contribution >= 4 is 10.0 Å². The lowest BCUT2D eigenvalue weighted by Gasteiger charge is -2.35. The number of rotatable bonds is 3. The summed E-state index contributed by atoms with van der Waals surface area (Å²) in [6.45, 7) is 2.32. The van der Waals surface area contributed by atoms with Gasteiger partial charge < -0.3 is 0 Å². The van der Waals surface area contributed by atoms with Crippen LogP contribution in [0, 0.1) is 18.3 Å². The molecule has 1 heterocycles. The molecule has 0 aliphatic carbocycles. The lowest BCUT2D eigenvalue weighted by atomic mass is 9.93. The molecule has 0 saturated heterocycles. The number of nitrogens with zero attached hydrogens (tertiary/aromatic N) is 2. The van der Waals surface area contributed by atoms with Crippen LogP contribution in [-0.2, 0) is 16.4 Å². The average Bonchev–Trinajstić information content (AvgIpc) is 2.55. The van der Waals surface area contributed by atoms with Crippen molar-refractivity contribution in [3.63, 3.8) is 0 Å². The Morgan fingerprint density at radius 1 is 1.17 bits per heavy atom. The van der Waals surface area contributed by atoms with Crippen LogP contribution in [0.4, 0.5) is 0 Å². The van der Waals surface area contributed by atoms with E-state index in [0.717, 1.165) is 16.7 Å². The molecule has 1 atom stereocenters. The predicted octanol–water partition coefficient (Wildman–Crippen LogP) is 3.20. The van der Waals surface area contributed by atoms with Crippen molar-refractivity contribution in [1.29, 1.82) is 5.26 Å². The maximum absolute atomic E-state index is 13.0. The number of hydrogen-bond acceptors (Lipinski definition) is 3. The van der Waals surface area contributed by atoms with Crippen LogP contribution < -0.4 is 0 Å². The van der Waals surface area contributed by atoms with Gasteiger partial charge in [-0.3, -0.25) is 0 Å². The highest BCUT2D eigenvalue weighted by atomic mass is 32.2. The zero-order valence-corrected chi connectivity index (χ0v) is 13.8. The van der Waals surface area contributed by atoms with Crippen molar-refractivity contribution in [3.05, 3.63) is 65.2 Å². The molecule has 0 radical (unpaired) electrons. The minimum absolute atomic E-state index is 0.155. The van der Waals surface area contributed by atoms with Gasteiger partial charge in [-0.05, 0) is 36.6 Å². The molecule has 3 rings (SSSR count). The van der Waals surface area contributed by atoms with E-state index in [1.807, 2.05) is 31.2 Å². The molecule has 0 spiro atoms. The summed E-state index contributed by atoms with van der Waals surface area (Å²) < 4.78 is 27.5. The van der Waals surface area contributed by atoms with Crippen LogP contribution in [0.25, 0.3) is 0 Å². The monoisotopic (exact) mass is 326 g/mol. The number of benzene rings is 2. The van der Waals surface area contributed by atoms with Crippen molar-refractivity contribution in [2.75, 3.05) is 6.54 Å². The maximum Gasteiger partial charge on any atom is 0.243 e. The van der Waals surface area contributed by atoms with E-state index in [4.69, 9.17) is 5.26 Å². The van der Waals surface area contributed by atoms with Crippen LogP contribution in [0.3, 0.4) is 0 Å². The smallest absolute Gasteiger partial charge is 0.207 e. The summed E-state index contributed by atoms with van der Waals surface area (Å²) >= 11 is 0. The molecule has 0 saturated carbocycles. The molecule has 23 heavy (non-hydrogen) atoms. The minimum atomic E-state index is -3.61. The SMILES string of the molecule is Cc1ccc(S(=O)(=O)N2CCc3ccccc3C2CC#N)cc1. The van der Waals surface area contributed by atoms with Crippen molar-refractivity contribution in [2.24, 2.45) is 0 Å². The third-order valence-corrected chi connectivity index (χ3v) is 6.20. The highest BCUT2D eigenvalue weighted by Crippen LogP contribution is 2.36. The van der Waals surface area contributed by atoms with E-state index in [-0.39, 0.29) is 11.3 Å². The Bertz CT molecular complexity index is 851. The molecule has 118 valence electrons. The van der Waals surface area contributed by atoms with Crippen molar-refractivity contribution in [2.45, 2.75) is 30.7 Å². The fourth-order valence-corrected chi connectivity index (χ4v) is 4.67. The second kappa shape index (κ2) is 6.15. The van der Waals surface area contributed by atoms with Crippen molar-refractivity contribution < 1.29 is 8.42 Å². The van der Waals surface area contributed by atoms with E-state index in [9.17, 15) is 8.42 Å². The van der Waals surface area contributed by atoms with Gasteiger partial charge in [0.25, 0.3) is 0 Å². The molecule has 5 heteroatoms. The molecule has 2 aromatic rings. The van der Waals surface area contributed by atoms with Crippen LogP contribution >= 0.6 is 0 Å². The van der Waals surface area contributed by atoms with Gasteiger partial charge in [-0.15, -0.1) is 0 Å². The van der Waals surface area contributed by atoms with Gasteiger partial charge in [0.05, 0.1) is 23.4 Å². The molecular weight excluding hydrogens is 308 g/mol. The second-order valence-electron chi connectivity index (χ2n) is 5.76. The lowest BCUT2D eigenvalue weighted by molar-refractivity contribution is 0.311. The van der Waals surface area contributed by atoms with Gasteiger partial charge in [-0.1, -0.05) is 42.0 Å². The van der Waals surface area contributed by atoms with Gasteiger partial charge in [0, 0.05) is 6.54 Å². The molecule has 0 amide bonds. The Morgan fingerprint density at radius 2 is 1.87 bits per heavy atom. The molecule has 0 aromatic heterocycles. The summed E-state index contributed by atoms with van der Waals surface area (Å²) in [4.78, 5) is 0.283. The van der Waals surface area contributed by atoms with Gasteiger partial charge in [-0.2, -0.15) is 9.57 Å². The molecule has 0 fully saturated rings. The summed E-state index contributed by atoms with van der Waals surface area (Å²) in [5, 5.41) is 9.16. The lowest BCUT2D eigenvalue weighted by Crippen LogP contribution is -2.39. The Morgan fingerprint density at radius 3 is 2.57 bits per heavy atom.